The number of rotatable bonds is 7. The van der Waals surface area contributed by atoms with Crippen molar-refractivity contribution in [1.82, 2.24) is 10.5 Å². The van der Waals surface area contributed by atoms with Gasteiger partial charge in [0.15, 0.2) is 0 Å². The normalized spacial score (nSPS) is 17.0. The Labute approximate surface area is 160 Å². The lowest BCUT2D eigenvalue weighted by Gasteiger charge is -2.13. The van der Waals surface area contributed by atoms with E-state index in [1.165, 1.54) is 7.11 Å². The maximum atomic E-state index is 12.4. The van der Waals surface area contributed by atoms with Gasteiger partial charge in [-0.3, -0.25) is 9.63 Å². The van der Waals surface area contributed by atoms with Crippen LogP contribution in [0.4, 0.5) is 0 Å². The molecular formula is C19H21BrN2O4. The zero-order chi connectivity index (χ0) is 18.7. The number of aromatic nitrogens is 1. The van der Waals surface area contributed by atoms with E-state index in [4.69, 9.17) is 9.57 Å². The van der Waals surface area contributed by atoms with Gasteiger partial charge in [-0.15, -0.1) is 0 Å². The molecule has 6 nitrogen and oxygen atoms in total. The summed E-state index contributed by atoms with van der Waals surface area (Å²) in [7, 11) is 1.33. The smallest absolute Gasteiger partial charge is 0.344 e. The summed E-state index contributed by atoms with van der Waals surface area (Å²) in [5, 5.41) is 0.994. The number of carbonyl (C=O) groups is 2. The molecular weight excluding hydrogens is 400 g/mol. The Hall–Kier alpha value is -2.12. The highest BCUT2D eigenvalue weighted by Gasteiger charge is 2.39. The van der Waals surface area contributed by atoms with Crippen molar-refractivity contribution in [3.8, 4) is 0 Å². The van der Waals surface area contributed by atoms with Crippen LogP contribution in [-0.4, -0.2) is 30.1 Å². The first-order chi connectivity index (χ1) is 12.5. The molecule has 1 unspecified atom stereocenters. The van der Waals surface area contributed by atoms with Crippen LogP contribution in [0.1, 0.15) is 38.3 Å². The predicted molar refractivity (Wildman–Crippen MR) is 102 cm³/mol. The molecule has 1 amide bonds. The zero-order valence-corrected chi connectivity index (χ0v) is 16.3. The number of unbranched alkanes of at least 4 members (excludes halogenated alkanes) is 2. The van der Waals surface area contributed by atoms with E-state index in [9.17, 15) is 9.59 Å². The topological polar surface area (TPSA) is 80.4 Å². The molecule has 1 aromatic carbocycles. The Morgan fingerprint density at radius 2 is 2.15 bits per heavy atom. The van der Waals surface area contributed by atoms with Crippen LogP contribution in [0, 0.1) is 0 Å². The third-order valence-corrected chi connectivity index (χ3v) is 4.90. The first kappa shape index (κ1) is 18.7. The van der Waals surface area contributed by atoms with Gasteiger partial charge in [-0.2, -0.15) is 0 Å². The van der Waals surface area contributed by atoms with Crippen molar-refractivity contribution in [3.63, 3.8) is 0 Å². The highest BCUT2D eigenvalue weighted by Crippen LogP contribution is 2.36. The Morgan fingerprint density at radius 3 is 2.88 bits per heavy atom. The minimum atomic E-state index is -0.615. The first-order valence-electron chi connectivity index (χ1n) is 8.62. The number of aromatic amines is 1. The van der Waals surface area contributed by atoms with Crippen molar-refractivity contribution >= 4 is 44.3 Å². The SMILES string of the molecule is CCCCCC1OC(=O)C(C(=O)NOC)=C1c1cc2ccc(Br)cc2[nH]1. The maximum absolute atomic E-state index is 12.4. The number of hydrogen-bond donors (Lipinski definition) is 2. The summed E-state index contributed by atoms with van der Waals surface area (Å²) in [6, 6.07) is 7.81. The van der Waals surface area contributed by atoms with Gasteiger partial charge >= 0.3 is 5.97 Å². The van der Waals surface area contributed by atoms with Gasteiger partial charge in [0.2, 0.25) is 0 Å². The molecule has 26 heavy (non-hydrogen) atoms. The molecule has 1 aromatic heterocycles. The van der Waals surface area contributed by atoms with Gasteiger partial charge in [-0.25, -0.2) is 10.3 Å². The monoisotopic (exact) mass is 420 g/mol. The number of fused-ring (bicyclic) bond motifs is 1. The van der Waals surface area contributed by atoms with Crippen LogP contribution in [0.25, 0.3) is 16.5 Å². The van der Waals surface area contributed by atoms with E-state index in [0.29, 0.717) is 17.7 Å². The molecule has 1 aliphatic rings. The fourth-order valence-electron chi connectivity index (χ4n) is 3.21. The Kier molecular flexibility index (Phi) is 5.78. The summed E-state index contributed by atoms with van der Waals surface area (Å²) in [6.07, 6.45) is 3.27. The van der Waals surface area contributed by atoms with E-state index in [1.807, 2.05) is 24.3 Å². The molecule has 0 aliphatic carbocycles. The first-order valence-corrected chi connectivity index (χ1v) is 9.41. The third kappa shape index (κ3) is 3.68. The molecule has 138 valence electrons. The molecule has 0 fully saturated rings. The van der Waals surface area contributed by atoms with Crippen molar-refractivity contribution in [3.05, 3.63) is 40.0 Å². The number of hydrogen-bond acceptors (Lipinski definition) is 4. The summed E-state index contributed by atoms with van der Waals surface area (Å²) in [6.45, 7) is 2.12. The van der Waals surface area contributed by atoms with Crippen molar-refractivity contribution in [2.75, 3.05) is 7.11 Å². The lowest BCUT2D eigenvalue weighted by Crippen LogP contribution is -2.26. The maximum Gasteiger partial charge on any atom is 0.344 e. The van der Waals surface area contributed by atoms with Crippen LogP contribution in [0.2, 0.25) is 0 Å². The molecule has 0 bridgehead atoms. The molecule has 0 spiro atoms. The summed E-state index contributed by atoms with van der Waals surface area (Å²) in [5.41, 5.74) is 4.45. The number of hydroxylamine groups is 1. The number of ether oxygens (including phenoxy) is 1. The number of H-pyrrole nitrogens is 1. The van der Waals surface area contributed by atoms with Crippen LogP contribution >= 0.6 is 15.9 Å². The summed E-state index contributed by atoms with van der Waals surface area (Å²) < 4.78 is 6.46. The number of esters is 1. The summed E-state index contributed by atoms with van der Waals surface area (Å²) in [5.74, 6) is -1.21. The molecule has 1 atom stereocenters. The number of nitrogens with one attached hydrogen (secondary N) is 2. The second-order valence-electron chi connectivity index (χ2n) is 6.23. The fourth-order valence-corrected chi connectivity index (χ4v) is 3.57. The average Bonchev–Trinajstić information content (AvgIpc) is 3.15. The van der Waals surface area contributed by atoms with Crippen LogP contribution in [0.15, 0.2) is 34.3 Å². The molecule has 2 heterocycles. The summed E-state index contributed by atoms with van der Waals surface area (Å²) >= 11 is 3.45. The largest absolute Gasteiger partial charge is 0.454 e. The lowest BCUT2D eigenvalue weighted by atomic mass is 9.97. The molecule has 1 aliphatic heterocycles. The standard InChI is InChI=1S/C19H21BrN2O4/c1-3-4-5-6-15-16(17(19(24)26-15)18(23)22-25-2)14-9-11-7-8-12(20)10-13(11)21-14/h7-10,15,21H,3-6H2,1-2H3,(H,22,23). The second kappa shape index (κ2) is 8.05. The van der Waals surface area contributed by atoms with Crippen LogP contribution < -0.4 is 5.48 Å². The van der Waals surface area contributed by atoms with Crippen LogP contribution in [0.3, 0.4) is 0 Å². The van der Waals surface area contributed by atoms with E-state index < -0.39 is 18.0 Å². The van der Waals surface area contributed by atoms with Crippen molar-refractivity contribution in [2.24, 2.45) is 0 Å². The van der Waals surface area contributed by atoms with E-state index in [2.05, 4.69) is 33.3 Å². The van der Waals surface area contributed by atoms with Crippen LogP contribution in [0.5, 0.6) is 0 Å². The lowest BCUT2D eigenvalue weighted by molar-refractivity contribution is -0.142. The van der Waals surface area contributed by atoms with E-state index in [-0.39, 0.29) is 5.57 Å². The van der Waals surface area contributed by atoms with Gasteiger partial charge in [0.05, 0.1) is 7.11 Å². The number of halogens is 1. The minimum Gasteiger partial charge on any atom is -0.454 e. The highest BCUT2D eigenvalue weighted by atomic mass is 79.9. The molecule has 3 rings (SSSR count). The number of carbonyl (C=O) groups excluding carboxylic acids is 2. The Bertz CT molecular complexity index is 872. The molecule has 2 N–H and O–H groups in total. The molecule has 2 aromatic rings. The van der Waals surface area contributed by atoms with Gasteiger partial charge in [0.25, 0.3) is 5.91 Å². The quantitative estimate of drug-likeness (QED) is 0.308. The van der Waals surface area contributed by atoms with E-state index in [0.717, 1.165) is 34.6 Å². The van der Waals surface area contributed by atoms with E-state index in [1.54, 1.807) is 0 Å². The molecule has 0 saturated carbocycles. The number of cyclic esters (lactones) is 1. The van der Waals surface area contributed by atoms with Crippen LogP contribution in [-0.2, 0) is 19.2 Å². The molecule has 0 radical (unpaired) electrons. The van der Waals surface area contributed by atoms with Gasteiger partial charge in [0.1, 0.15) is 11.7 Å². The predicted octanol–water partition coefficient (Wildman–Crippen LogP) is 3.87. The number of benzene rings is 1. The van der Waals surface area contributed by atoms with Gasteiger partial charge in [0, 0.05) is 26.6 Å². The molecule has 7 heteroatoms. The van der Waals surface area contributed by atoms with Crippen molar-refractivity contribution < 1.29 is 19.2 Å². The third-order valence-electron chi connectivity index (χ3n) is 4.41. The fraction of sp³-hybridized carbons (Fsp3) is 0.368. The number of amides is 1. The average molecular weight is 421 g/mol. The van der Waals surface area contributed by atoms with Gasteiger partial charge in [-0.05, 0) is 31.0 Å². The molecule has 0 saturated heterocycles. The minimum absolute atomic E-state index is 0.000953. The van der Waals surface area contributed by atoms with Crippen molar-refractivity contribution in [1.29, 1.82) is 0 Å². The van der Waals surface area contributed by atoms with Crippen molar-refractivity contribution in [2.45, 2.75) is 38.7 Å². The summed E-state index contributed by atoms with van der Waals surface area (Å²) in [4.78, 5) is 32.7. The van der Waals surface area contributed by atoms with Gasteiger partial charge in [-0.1, -0.05) is 41.8 Å². The zero-order valence-electron chi connectivity index (χ0n) is 14.7. The Balaban J connectivity index is 2.06. The van der Waals surface area contributed by atoms with E-state index >= 15 is 0 Å². The highest BCUT2D eigenvalue weighted by molar-refractivity contribution is 9.10. The Morgan fingerprint density at radius 1 is 1.35 bits per heavy atom. The van der Waals surface area contributed by atoms with Gasteiger partial charge < -0.3 is 9.72 Å². The second-order valence-corrected chi connectivity index (χ2v) is 7.14.